The van der Waals surface area contributed by atoms with Gasteiger partial charge in [-0.25, -0.2) is 4.39 Å². The van der Waals surface area contributed by atoms with Crippen LogP contribution in [0.4, 0.5) is 4.39 Å². The maximum Gasteiger partial charge on any atom is 0.273 e. The summed E-state index contributed by atoms with van der Waals surface area (Å²) in [6, 6.07) is 12.8. The third-order valence-corrected chi connectivity index (χ3v) is 4.97. The summed E-state index contributed by atoms with van der Waals surface area (Å²) in [7, 11) is 0. The van der Waals surface area contributed by atoms with Gasteiger partial charge in [0.25, 0.3) is 5.91 Å². The van der Waals surface area contributed by atoms with Crippen LogP contribution in [0.1, 0.15) is 36.8 Å². The molecule has 4 N–H and O–H groups in total. The smallest absolute Gasteiger partial charge is 0.273 e. The van der Waals surface area contributed by atoms with E-state index in [4.69, 9.17) is 5.73 Å². The predicted octanol–water partition coefficient (Wildman–Crippen LogP) is 2.44. The standard InChI is InChI=1S/C23H28FN5O2/c1-23(2,3)20(22(31)26-13-12-25)27-21(30)19-17-6-4-5-7-18(17)29(28-19)14-15-8-10-16(24)11-9-15/h4-11,20H,12-14,25H2,1-3H3,(H,26,31)(H,27,30). The summed E-state index contributed by atoms with van der Waals surface area (Å²) in [5.74, 6) is -1.03. The third-order valence-electron chi connectivity index (χ3n) is 4.97. The zero-order valence-corrected chi connectivity index (χ0v) is 18.0. The highest BCUT2D eigenvalue weighted by atomic mass is 19.1. The largest absolute Gasteiger partial charge is 0.353 e. The lowest BCUT2D eigenvalue weighted by atomic mass is 9.86. The highest BCUT2D eigenvalue weighted by molar-refractivity contribution is 6.06. The normalized spacial score (nSPS) is 12.5. The monoisotopic (exact) mass is 425 g/mol. The number of nitrogens with zero attached hydrogens (tertiary/aromatic N) is 2. The van der Waals surface area contributed by atoms with Crippen molar-refractivity contribution in [2.24, 2.45) is 11.1 Å². The van der Waals surface area contributed by atoms with Gasteiger partial charge in [-0.1, -0.05) is 51.1 Å². The van der Waals surface area contributed by atoms with Gasteiger partial charge in [0.1, 0.15) is 11.9 Å². The first-order valence-electron chi connectivity index (χ1n) is 10.2. The molecule has 8 heteroatoms. The van der Waals surface area contributed by atoms with Crippen molar-refractivity contribution in [3.63, 3.8) is 0 Å². The molecule has 31 heavy (non-hydrogen) atoms. The summed E-state index contributed by atoms with van der Waals surface area (Å²) in [5, 5.41) is 10.8. The van der Waals surface area contributed by atoms with E-state index in [0.717, 1.165) is 11.1 Å². The SMILES string of the molecule is CC(C)(C)C(NC(=O)c1nn(Cc2ccc(F)cc2)c2ccccc12)C(=O)NCCN. The molecule has 0 saturated carbocycles. The summed E-state index contributed by atoms with van der Waals surface area (Å²) in [4.78, 5) is 25.8. The van der Waals surface area contributed by atoms with Crippen LogP contribution in [-0.4, -0.2) is 40.7 Å². The molecule has 0 aliphatic rings. The molecule has 0 spiro atoms. The second-order valence-electron chi connectivity index (χ2n) is 8.50. The fourth-order valence-electron chi connectivity index (χ4n) is 3.35. The van der Waals surface area contributed by atoms with Crippen molar-refractivity contribution >= 4 is 22.7 Å². The Balaban J connectivity index is 1.91. The molecule has 1 atom stereocenters. The van der Waals surface area contributed by atoms with Crippen LogP contribution in [-0.2, 0) is 11.3 Å². The van der Waals surface area contributed by atoms with E-state index in [9.17, 15) is 14.0 Å². The number of amides is 2. The van der Waals surface area contributed by atoms with E-state index < -0.39 is 17.4 Å². The first-order chi connectivity index (χ1) is 14.7. The number of fused-ring (bicyclic) bond motifs is 1. The minimum atomic E-state index is -0.757. The number of halogens is 1. The number of hydrogen-bond donors (Lipinski definition) is 3. The van der Waals surface area contributed by atoms with Crippen LogP contribution in [0, 0.1) is 11.2 Å². The second kappa shape index (κ2) is 9.26. The summed E-state index contributed by atoms with van der Waals surface area (Å²) in [6.07, 6.45) is 0. The number of rotatable bonds is 7. The van der Waals surface area contributed by atoms with E-state index in [0.29, 0.717) is 25.0 Å². The van der Waals surface area contributed by atoms with Gasteiger partial charge in [-0.2, -0.15) is 5.10 Å². The van der Waals surface area contributed by atoms with Gasteiger partial charge >= 0.3 is 0 Å². The molecule has 1 heterocycles. The van der Waals surface area contributed by atoms with Gasteiger partial charge in [-0.3, -0.25) is 14.3 Å². The zero-order valence-electron chi connectivity index (χ0n) is 18.0. The molecule has 2 aromatic carbocycles. The molecular formula is C23H28FN5O2. The number of nitrogens with one attached hydrogen (secondary N) is 2. The number of benzene rings is 2. The summed E-state index contributed by atoms with van der Waals surface area (Å²) >= 11 is 0. The van der Waals surface area contributed by atoms with Crippen molar-refractivity contribution in [1.29, 1.82) is 0 Å². The highest BCUT2D eigenvalue weighted by Gasteiger charge is 2.33. The van der Waals surface area contributed by atoms with E-state index in [2.05, 4.69) is 15.7 Å². The fraction of sp³-hybridized carbons (Fsp3) is 0.348. The molecule has 1 aromatic heterocycles. The van der Waals surface area contributed by atoms with Gasteiger partial charge in [0.15, 0.2) is 5.69 Å². The molecule has 3 rings (SSSR count). The Labute approximate surface area is 180 Å². The van der Waals surface area contributed by atoms with Crippen molar-refractivity contribution in [3.8, 4) is 0 Å². The van der Waals surface area contributed by atoms with Crippen LogP contribution in [0.15, 0.2) is 48.5 Å². The zero-order chi connectivity index (χ0) is 22.6. The van der Waals surface area contributed by atoms with Crippen LogP contribution < -0.4 is 16.4 Å². The van der Waals surface area contributed by atoms with Crippen molar-refractivity contribution in [3.05, 3.63) is 65.6 Å². The van der Waals surface area contributed by atoms with Crippen molar-refractivity contribution in [1.82, 2.24) is 20.4 Å². The lowest BCUT2D eigenvalue weighted by Gasteiger charge is -2.30. The molecule has 164 valence electrons. The Bertz CT molecular complexity index is 1070. The third kappa shape index (κ3) is 5.27. The van der Waals surface area contributed by atoms with E-state index in [1.54, 1.807) is 16.8 Å². The van der Waals surface area contributed by atoms with Gasteiger partial charge in [-0.05, 0) is 29.2 Å². The molecule has 7 nitrogen and oxygen atoms in total. The number of aromatic nitrogens is 2. The van der Waals surface area contributed by atoms with Gasteiger partial charge < -0.3 is 16.4 Å². The topological polar surface area (TPSA) is 102 Å². The van der Waals surface area contributed by atoms with Gasteiger partial charge in [0.2, 0.25) is 5.91 Å². The molecule has 0 saturated heterocycles. The van der Waals surface area contributed by atoms with E-state index in [1.807, 2.05) is 45.0 Å². The first-order valence-corrected chi connectivity index (χ1v) is 10.2. The molecule has 0 radical (unpaired) electrons. The van der Waals surface area contributed by atoms with Crippen LogP contribution in [0.2, 0.25) is 0 Å². The van der Waals surface area contributed by atoms with Crippen LogP contribution in [0.3, 0.4) is 0 Å². The second-order valence-corrected chi connectivity index (χ2v) is 8.50. The fourth-order valence-corrected chi connectivity index (χ4v) is 3.35. The summed E-state index contributed by atoms with van der Waals surface area (Å²) in [5.41, 5.74) is 6.83. The maximum atomic E-state index is 13.2. The quantitative estimate of drug-likeness (QED) is 0.541. The van der Waals surface area contributed by atoms with E-state index >= 15 is 0 Å². The average Bonchev–Trinajstić information content (AvgIpc) is 3.09. The molecule has 0 bridgehead atoms. The van der Waals surface area contributed by atoms with Crippen LogP contribution >= 0.6 is 0 Å². The Morgan fingerprint density at radius 2 is 1.81 bits per heavy atom. The number of hydrogen-bond acceptors (Lipinski definition) is 4. The maximum absolute atomic E-state index is 13.2. The molecule has 0 aliphatic heterocycles. The minimum Gasteiger partial charge on any atom is -0.353 e. The molecule has 0 fully saturated rings. The molecule has 2 amide bonds. The number of carbonyl (C=O) groups excluding carboxylic acids is 2. The Hall–Kier alpha value is -3.26. The van der Waals surface area contributed by atoms with Crippen molar-refractivity contribution < 1.29 is 14.0 Å². The van der Waals surface area contributed by atoms with Crippen LogP contribution in [0.25, 0.3) is 10.9 Å². The molecule has 0 aliphatic carbocycles. The molecule has 1 unspecified atom stereocenters. The molecular weight excluding hydrogens is 397 g/mol. The van der Waals surface area contributed by atoms with Crippen molar-refractivity contribution in [2.45, 2.75) is 33.4 Å². The lowest BCUT2D eigenvalue weighted by Crippen LogP contribution is -2.54. The Kier molecular flexibility index (Phi) is 6.70. The molecule has 3 aromatic rings. The Morgan fingerprint density at radius 3 is 2.45 bits per heavy atom. The van der Waals surface area contributed by atoms with Gasteiger partial charge in [0, 0.05) is 18.5 Å². The number of nitrogens with two attached hydrogens (primary N) is 1. The predicted molar refractivity (Wildman–Crippen MR) is 118 cm³/mol. The number of carbonyl (C=O) groups is 2. The van der Waals surface area contributed by atoms with E-state index in [1.165, 1.54) is 12.1 Å². The lowest BCUT2D eigenvalue weighted by molar-refractivity contribution is -0.125. The van der Waals surface area contributed by atoms with Crippen molar-refractivity contribution in [2.75, 3.05) is 13.1 Å². The average molecular weight is 426 g/mol. The Morgan fingerprint density at radius 1 is 1.13 bits per heavy atom. The van der Waals surface area contributed by atoms with Gasteiger partial charge in [0.05, 0.1) is 12.1 Å². The van der Waals surface area contributed by atoms with Crippen LogP contribution in [0.5, 0.6) is 0 Å². The van der Waals surface area contributed by atoms with E-state index in [-0.39, 0.29) is 17.4 Å². The number of para-hydroxylation sites is 1. The highest BCUT2D eigenvalue weighted by Crippen LogP contribution is 2.23. The van der Waals surface area contributed by atoms with Gasteiger partial charge in [-0.15, -0.1) is 0 Å². The first kappa shape index (κ1) is 22.4. The summed E-state index contributed by atoms with van der Waals surface area (Å²) in [6.45, 7) is 6.67. The minimum absolute atomic E-state index is 0.235. The summed E-state index contributed by atoms with van der Waals surface area (Å²) < 4.78 is 14.9.